The molecule has 3 rings (SSSR count). The minimum Gasteiger partial charge on any atom is -0.309 e. The molecule has 0 aromatic carbocycles. The van der Waals surface area contributed by atoms with E-state index in [1.54, 1.807) is 6.20 Å². The first-order valence-electron chi connectivity index (χ1n) is 7.70. The third-order valence-corrected chi connectivity index (χ3v) is 5.25. The number of aryl methyl sites for hydroxylation is 1. The third-order valence-electron chi connectivity index (χ3n) is 4.25. The Bertz CT molecular complexity index is 596. The van der Waals surface area contributed by atoms with Gasteiger partial charge in [0.2, 0.25) is 0 Å². The summed E-state index contributed by atoms with van der Waals surface area (Å²) in [5.74, 6) is 0.164. The molecule has 0 amide bonds. The van der Waals surface area contributed by atoms with E-state index in [1.165, 1.54) is 29.5 Å². The van der Waals surface area contributed by atoms with E-state index in [4.69, 9.17) is 0 Å². The Morgan fingerprint density at radius 3 is 3.19 bits per heavy atom. The van der Waals surface area contributed by atoms with E-state index in [0.29, 0.717) is 5.92 Å². The molecule has 4 heteroatoms. The third kappa shape index (κ3) is 3.01. The van der Waals surface area contributed by atoms with E-state index in [1.807, 2.05) is 17.4 Å². The van der Waals surface area contributed by atoms with Gasteiger partial charge in [-0.3, -0.25) is 4.98 Å². The fraction of sp³-hybridized carbons (Fsp3) is 0.471. The number of hydrogen-bond acceptors (Lipinski definition) is 3. The topological polar surface area (TPSA) is 24.9 Å². The quantitative estimate of drug-likeness (QED) is 0.883. The van der Waals surface area contributed by atoms with Crippen LogP contribution in [-0.2, 0) is 6.42 Å². The first kappa shape index (κ1) is 14.7. The van der Waals surface area contributed by atoms with E-state index >= 15 is 0 Å². The van der Waals surface area contributed by atoms with Crippen LogP contribution in [0, 0.1) is 5.82 Å². The molecule has 1 aliphatic rings. The first-order chi connectivity index (χ1) is 10.3. The molecule has 112 valence electrons. The van der Waals surface area contributed by atoms with Gasteiger partial charge in [-0.05, 0) is 55.3 Å². The van der Waals surface area contributed by atoms with E-state index in [0.717, 1.165) is 24.9 Å². The highest BCUT2D eigenvalue weighted by Gasteiger charge is 2.30. The Kier molecular flexibility index (Phi) is 4.66. The average Bonchev–Trinajstić information content (AvgIpc) is 2.98. The summed E-state index contributed by atoms with van der Waals surface area (Å²) in [6.45, 7) is 3.05. The monoisotopic (exact) mass is 304 g/mol. The number of halogens is 1. The maximum absolute atomic E-state index is 14.2. The lowest BCUT2D eigenvalue weighted by atomic mass is 9.80. The van der Waals surface area contributed by atoms with Gasteiger partial charge in [-0.2, -0.15) is 0 Å². The summed E-state index contributed by atoms with van der Waals surface area (Å²) in [6, 6.07) is 4.09. The summed E-state index contributed by atoms with van der Waals surface area (Å²) in [7, 11) is 0. The van der Waals surface area contributed by atoms with Crippen molar-refractivity contribution in [2.24, 2.45) is 0 Å². The molecule has 2 atom stereocenters. The Morgan fingerprint density at radius 1 is 1.48 bits per heavy atom. The van der Waals surface area contributed by atoms with E-state index in [9.17, 15) is 4.39 Å². The van der Waals surface area contributed by atoms with Gasteiger partial charge in [0.25, 0.3) is 0 Å². The van der Waals surface area contributed by atoms with Gasteiger partial charge in [-0.1, -0.05) is 6.92 Å². The zero-order valence-electron chi connectivity index (χ0n) is 12.3. The number of hydrogen-bond donors (Lipinski definition) is 1. The second-order valence-corrected chi connectivity index (χ2v) is 6.63. The van der Waals surface area contributed by atoms with Crippen molar-refractivity contribution in [2.75, 3.05) is 6.54 Å². The summed E-state index contributed by atoms with van der Waals surface area (Å²) in [4.78, 5) is 5.36. The molecule has 1 N–H and O–H groups in total. The molecule has 0 fully saturated rings. The number of rotatable bonds is 5. The van der Waals surface area contributed by atoms with Crippen molar-refractivity contribution in [3.8, 4) is 0 Å². The normalized spacial score (nSPS) is 19.2. The summed E-state index contributed by atoms with van der Waals surface area (Å²) < 4.78 is 14.2. The van der Waals surface area contributed by atoms with Crippen LogP contribution in [0.2, 0.25) is 0 Å². The van der Waals surface area contributed by atoms with Crippen LogP contribution in [0.15, 0.2) is 29.9 Å². The molecule has 0 saturated heterocycles. The Hall–Kier alpha value is -1.26. The van der Waals surface area contributed by atoms with Gasteiger partial charge in [0.1, 0.15) is 5.82 Å². The number of aromatic nitrogens is 1. The molecule has 0 bridgehead atoms. The van der Waals surface area contributed by atoms with Crippen molar-refractivity contribution in [2.45, 2.75) is 44.6 Å². The minimum absolute atomic E-state index is 0.0431. The lowest BCUT2D eigenvalue weighted by molar-refractivity contribution is 0.391. The predicted octanol–water partition coefficient (Wildman–Crippen LogP) is 4.44. The highest BCUT2D eigenvalue weighted by Crippen LogP contribution is 2.42. The van der Waals surface area contributed by atoms with Crippen LogP contribution in [0.25, 0.3) is 0 Å². The van der Waals surface area contributed by atoms with E-state index in [2.05, 4.69) is 28.7 Å². The Balaban J connectivity index is 1.96. The zero-order chi connectivity index (χ0) is 14.7. The molecule has 2 heterocycles. The molecule has 2 nitrogen and oxygen atoms in total. The van der Waals surface area contributed by atoms with Crippen molar-refractivity contribution in [3.05, 3.63) is 51.7 Å². The van der Waals surface area contributed by atoms with Crippen molar-refractivity contribution in [3.63, 3.8) is 0 Å². The van der Waals surface area contributed by atoms with E-state index < -0.39 is 0 Å². The second kappa shape index (κ2) is 6.67. The summed E-state index contributed by atoms with van der Waals surface area (Å²) in [5.41, 5.74) is 2.17. The van der Waals surface area contributed by atoms with Crippen molar-refractivity contribution in [1.82, 2.24) is 10.3 Å². The number of nitrogens with one attached hydrogen (secondary N) is 1. The molecule has 0 saturated carbocycles. The minimum atomic E-state index is -0.201. The van der Waals surface area contributed by atoms with Crippen molar-refractivity contribution >= 4 is 11.3 Å². The smallest absolute Gasteiger partial charge is 0.146 e. The molecule has 0 aliphatic heterocycles. The van der Waals surface area contributed by atoms with Gasteiger partial charge in [-0.15, -0.1) is 11.3 Å². The predicted molar refractivity (Wildman–Crippen MR) is 85.2 cm³/mol. The molecule has 2 aromatic rings. The van der Waals surface area contributed by atoms with Crippen molar-refractivity contribution < 1.29 is 4.39 Å². The highest BCUT2D eigenvalue weighted by atomic mass is 32.1. The molecular formula is C17H21FN2S. The fourth-order valence-corrected chi connectivity index (χ4v) is 4.27. The molecular weight excluding hydrogens is 283 g/mol. The van der Waals surface area contributed by atoms with Crippen LogP contribution in [0.5, 0.6) is 0 Å². The number of fused-ring (bicyclic) bond motifs is 1. The maximum Gasteiger partial charge on any atom is 0.146 e. The maximum atomic E-state index is 14.2. The molecule has 21 heavy (non-hydrogen) atoms. The second-order valence-electron chi connectivity index (χ2n) is 5.63. The number of pyridine rings is 1. The van der Waals surface area contributed by atoms with Gasteiger partial charge in [0.15, 0.2) is 0 Å². The van der Waals surface area contributed by atoms with Gasteiger partial charge in [-0.25, -0.2) is 4.39 Å². The highest BCUT2D eigenvalue weighted by molar-refractivity contribution is 7.10. The van der Waals surface area contributed by atoms with Crippen LogP contribution >= 0.6 is 11.3 Å². The van der Waals surface area contributed by atoms with Crippen LogP contribution in [0.3, 0.4) is 0 Å². The number of thiophene rings is 1. The summed E-state index contributed by atoms with van der Waals surface area (Å²) in [5, 5.41) is 5.73. The van der Waals surface area contributed by atoms with Gasteiger partial charge >= 0.3 is 0 Å². The van der Waals surface area contributed by atoms with Gasteiger partial charge in [0, 0.05) is 28.6 Å². The van der Waals surface area contributed by atoms with Crippen LogP contribution in [0.4, 0.5) is 4.39 Å². The van der Waals surface area contributed by atoms with Gasteiger partial charge < -0.3 is 5.32 Å². The first-order valence-corrected chi connectivity index (χ1v) is 8.58. The Labute approximate surface area is 129 Å². The average molecular weight is 304 g/mol. The summed E-state index contributed by atoms with van der Waals surface area (Å²) in [6.07, 6.45) is 7.54. The van der Waals surface area contributed by atoms with Crippen molar-refractivity contribution in [1.29, 1.82) is 0 Å². The van der Waals surface area contributed by atoms with Crippen LogP contribution in [-0.4, -0.2) is 11.5 Å². The largest absolute Gasteiger partial charge is 0.309 e. The zero-order valence-corrected chi connectivity index (χ0v) is 13.1. The van der Waals surface area contributed by atoms with Crippen LogP contribution < -0.4 is 5.32 Å². The Morgan fingerprint density at radius 2 is 2.38 bits per heavy atom. The SMILES string of the molecule is CCCNC(c1ccncc1F)C1CCCc2sccc21. The standard InChI is InChI=1S/C17H21FN2S/c1-2-8-20-17(14-6-9-19-11-15(14)18)13-4-3-5-16-12(13)7-10-21-16/h6-7,9-11,13,17,20H,2-5,8H2,1H3. The molecule has 0 spiro atoms. The number of nitrogens with zero attached hydrogens (tertiary/aromatic N) is 1. The molecule has 2 unspecified atom stereocenters. The lowest BCUT2D eigenvalue weighted by Crippen LogP contribution is -2.30. The van der Waals surface area contributed by atoms with Crippen LogP contribution in [0.1, 0.15) is 54.1 Å². The fourth-order valence-electron chi connectivity index (χ4n) is 3.28. The molecule has 1 aliphatic carbocycles. The lowest BCUT2D eigenvalue weighted by Gasteiger charge is -2.32. The summed E-state index contributed by atoms with van der Waals surface area (Å²) >= 11 is 1.84. The molecule has 2 aromatic heterocycles. The van der Waals surface area contributed by atoms with E-state index in [-0.39, 0.29) is 11.9 Å². The molecule has 0 radical (unpaired) electrons. The van der Waals surface area contributed by atoms with Gasteiger partial charge in [0.05, 0.1) is 6.20 Å².